The zero-order valence-electron chi connectivity index (χ0n) is 12.0. The molecule has 0 fully saturated rings. The third kappa shape index (κ3) is 1.81. The number of benzene rings is 2. The predicted octanol–water partition coefficient (Wildman–Crippen LogP) is 2.34. The zero-order chi connectivity index (χ0) is 15.3. The van der Waals surface area contributed by atoms with Crippen LogP contribution in [0.2, 0.25) is 0 Å². The lowest BCUT2D eigenvalue weighted by Gasteiger charge is -2.24. The van der Waals surface area contributed by atoms with E-state index in [4.69, 9.17) is 5.73 Å². The van der Waals surface area contributed by atoms with Crippen molar-refractivity contribution in [2.45, 2.75) is 18.4 Å². The average Bonchev–Trinajstić information content (AvgIpc) is 2.92. The van der Waals surface area contributed by atoms with E-state index < -0.39 is 6.04 Å². The number of nitrogens with zero attached hydrogens (tertiary/aromatic N) is 1. The molecule has 22 heavy (non-hydrogen) atoms. The summed E-state index contributed by atoms with van der Waals surface area (Å²) in [5.74, 6) is 0.123. The zero-order valence-corrected chi connectivity index (χ0v) is 12.0. The van der Waals surface area contributed by atoms with Crippen LogP contribution in [0.5, 0.6) is 0 Å². The van der Waals surface area contributed by atoms with E-state index in [1.54, 1.807) is 4.90 Å². The molecule has 110 valence electrons. The molecule has 0 aromatic heterocycles. The Labute approximate surface area is 128 Å². The first-order valence-corrected chi connectivity index (χ1v) is 7.46. The molecular formula is C18H16N2O2. The lowest BCUT2D eigenvalue weighted by atomic mass is 9.81. The maximum Gasteiger partial charge on any atom is 0.258 e. The van der Waals surface area contributed by atoms with Gasteiger partial charge in [0.1, 0.15) is 0 Å². The normalized spacial score (nSPS) is 22.6. The fraction of sp³-hybridized carbons (Fsp3) is 0.222. The molecule has 1 amide bonds. The standard InChI is InChI=1S/C18H16N2O2/c19-14-9-12-10-20(18(22)11-5-2-1-3-6-11)15-8-4-7-13(16(12)15)17(14)21/h1-8,12,14H,9-10,19H2. The van der Waals surface area contributed by atoms with Crippen LogP contribution in [0.1, 0.15) is 38.6 Å². The second kappa shape index (κ2) is 4.78. The lowest BCUT2D eigenvalue weighted by Crippen LogP contribution is -2.37. The summed E-state index contributed by atoms with van der Waals surface area (Å²) in [6.07, 6.45) is 0.613. The molecule has 4 nitrogen and oxygen atoms in total. The predicted molar refractivity (Wildman–Crippen MR) is 84.2 cm³/mol. The van der Waals surface area contributed by atoms with E-state index >= 15 is 0 Å². The highest BCUT2D eigenvalue weighted by atomic mass is 16.2. The van der Waals surface area contributed by atoms with E-state index in [-0.39, 0.29) is 17.6 Å². The molecule has 4 rings (SSSR count). The number of hydrogen-bond acceptors (Lipinski definition) is 3. The van der Waals surface area contributed by atoms with Gasteiger partial charge < -0.3 is 10.6 Å². The number of hydrogen-bond donors (Lipinski definition) is 1. The third-order valence-electron chi connectivity index (χ3n) is 4.59. The molecule has 0 radical (unpaired) electrons. The van der Waals surface area contributed by atoms with Crippen molar-refractivity contribution in [1.82, 2.24) is 0 Å². The van der Waals surface area contributed by atoms with Gasteiger partial charge in [-0.25, -0.2) is 0 Å². The molecule has 0 saturated carbocycles. The fourth-order valence-electron chi connectivity index (χ4n) is 3.58. The second-order valence-corrected chi connectivity index (χ2v) is 5.92. The van der Waals surface area contributed by atoms with Gasteiger partial charge in [0.2, 0.25) is 0 Å². The van der Waals surface area contributed by atoms with Crippen LogP contribution in [0.3, 0.4) is 0 Å². The van der Waals surface area contributed by atoms with Crippen molar-refractivity contribution in [3.8, 4) is 0 Å². The number of amides is 1. The van der Waals surface area contributed by atoms with Gasteiger partial charge in [0.15, 0.2) is 5.78 Å². The van der Waals surface area contributed by atoms with Crippen molar-refractivity contribution in [3.05, 3.63) is 65.2 Å². The molecule has 2 aromatic carbocycles. The molecule has 0 saturated heterocycles. The van der Waals surface area contributed by atoms with Crippen molar-refractivity contribution in [2.75, 3.05) is 11.4 Å². The van der Waals surface area contributed by atoms with Crippen LogP contribution in [0.4, 0.5) is 5.69 Å². The van der Waals surface area contributed by atoms with Gasteiger partial charge in [-0.1, -0.05) is 30.3 Å². The van der Waals surface area contributed by atoms with Crippen LogP contribution in [-0.2, 0) is 0 Å². The topological polar surface area (TPSA) is 63.4 Å². The molecule has 1 aliphatic carbocycles. The first-order chi connectivity index (χ1) is 10.7. The summed E-state index contributed by atoms with van der Waals surface area (Å²) in [6, 6.07) is 14.4. The van der Waals surface area contributed by atoms with Gasteiger partial charge in [0.25, 0.3) is 5.91 Å². The van der Waals surface area contributed by atoms with Gasteiger partial charge >= 0.3 is 0 Å². The highest BCUT2D eigenvalue weighted by Gasteiger charge is 2.41. The van der Waals surface area contributed by atoms with Crippen molar-refractivity contribution < 1.29 is 9.59 Å². The molecule has 0 spiro atoms. The number of rotatable bonds is 1. The van der Waals surface area contributed by atoms with E-state index in [2.05, 4.69) is 0 Å². The summed E-state index contributed by atoms with van der Waals surface area (Å²) >= 11 is 0. The summed E-state index contributed by atoms with van der Waals surface area (Å²) in [4.78, 5) is 26.8. The Balaban J connectivity index is 1.79. The molecule has 0 bridgehead atoms. The van der Waals surface area contributed by atoms with Crippen molar-refractivity contribution in [1.29, 1.82) is 0 Å². The Morgan fingerprint density at radius 1 is 1.09 bits per heavy atom. The Kier molecular flexibility index (Phi) is 2.87. The Morgan fingerprint density at radius 3 is 2.64 bits per heavy atom. The van der Waals surface area contributed by atoms with Crippen LogP contribution in [0, 0.1) is 0 Å². The monoisotopic (exact) mass is 292 g/mol. The maximum atomic E-state index is 12.8. The summed E-state index contributed by atoms with van der Waals surface area (Å²) in [7, 11) is 0. The molecule has 1 aliphatic heterocycles. The average molecular weight is 292 g/mol. The Hall–Kier alpha value is -2.46. The number of carbonyl (C=O) groups is 2. The summed E-state index contributed by atoms with van der Waals surface area (Å²) in [6.45, 7) is 0.598. The van der Waals surface area contributed by atoms with E-state index in [9.17, 15) is 9.59 Å². The number of ketones is 1. The number of anilines is 1. The molecular weight excluding hydrogens is 276 g/mol. The van der Waals surface area contributed by atoms with E-state index in [0.717, 1.165) is 11.3 Å². The van der Waals surface area contributed by atoms with Gasteiger partial charge in [0.05, 0.1) is 6.04 Å². The minimum absolute atomic E-state index is 0.0119. The summed E-state index contributed by atoms with van der Waals surface area (Å²) in [5.41, 5.74) is 9.16. The highest BCUT2D eigenvalue weighted by molar-refractivity contribution is 6.10. The van der Waals surface area contributed by atoms with Crippen LogP contribution < -0.4 is 10.6 Å². The maximum absolute atomic E-state index is 12.8. The smallest absolute Gasteiger partial charge is 0.258 e. The third-order valence-corrected chi connectivity index (χ3v) is 4.59. The van der Waals surface area contributed by atoms with Gasteiger partial charge in [-0.2, -0.15) is 0 Å². The van der Waals surface area contributed by atoms with Crippen molar-refractivity contribution >= 4 is 17.4 Å². The quantitative estimate of drug-likeness (QED) is 0.877. The molecule has 2 N–H and O–H groups in total. The molecule has 4 heteroatoms. The minimum atomic E-state index is -0.459. The number of carbonyl (C=O) groups excluding carboxylic acids is 2. The van der Waals surface area contributed by atoms with Crippen LogP contribution in [0.25, 0.3) is 0 Å². The van der Waals surface area contributed by atoms with E-state index in [1.165, 1.54) is 0 Å². The SMILES string of the molecule is NC1CC2CN(C(=O)c3ccccc3)c3cccc(c32)C1=O. The first-order valence-electron chi connectivity index (χ1n) is 7.46. The van der Waals surface area contributed by atoms with Gasteiger partial charge in [-0.05, 0) is 30.2 Å². The Morgan fingerprint density at radius 2 is 1.86 bits per heavy atom. The molecule has 2 atom stereocenters. The van der Waals surface area contributed by atoms with E-state index in [0.29, 0.717) is 24.1 Å². The summed E-state index contributed by atoms with van der Waals surface area (Å²) in [5, 5.41) is 0. The van der Waals surface area contributed by atoms with Gasteiger partial charge in [-0.15, -0.1) is 0 Å². The largest absolute Gasteiger partial charge is 0.321 e. The molecule has 2 aromatic rings. The number of Topliss-reactive ketones (excluding diaryl/α,β-unsaturated/α-hetero) is 1. The second-order valence-electron chi connectivity index (χ2n) is 5.92. The van der Waals surface area contributed by atoms with Crippen LogP contribution >= 0.6 is 0 Å². The van der Waals surface area contributed by atoms with E-state index in [1.807, 2.05) is 48.5 Å². The van der Waals surface area contributed by atoms with Crippen molar-refractivity contribution in [2.24, 2.45) is 5.73 Å². The fourth-order valence-corrected chi connectivity index (χ4v) is 3.58. The highest BCUT2D eigenvalue weighted by Crippen LogP contribution is 2.44. The van der Waals surface area contributed by atoms with Crippen molar-refractivity contribution in [3.63, 3.8) is 0 Å². The molecule has 2 aliphatic rings. The number of nitrogens with two attached hydrogens (primary N) is 1. The van der Waals surface area contributed by atoms with Crippen LogP contribution in [-0.4, -0.2) is 24.3 Å². The lowest BCUT2D eigenvalue weighted by molar-refractivity contribution is 0.0943. The molecule has 2 unspecified atom stereocenters. The first kappa shape index (κ1) is 13.2. The molecule has 1 heterocycles. The van der Waals surface area contributed by atoms with Crippen LogP contribution in [0.15, 0.2) is 48.5 Å². The minimum Gasteiger partial charge on any atom is -0.321 e. The Bertz CT molecular complexity index is 770. The van der Waals surface area contributed by atoms with Gasteiger partial charge in [0, 0.05) is 29.3 Å². The van der Waals surface area contributed by atoms with Gasteiger partial charge in [-0.3, -0.25) is 9.59 Å². The summed E-state index contributed by atoms with van der Waals surface area (Å²) < 4.78 is 0.